The number of carbonyl (C=O) groups is 2. The zero-order chi connectivity index (χ0) is 15.1. The van der Waals surface area contributed by atoms with E-state index in [1.165, 1.54) is 0 Å². The van der Waals surface area contributed by atoms with Crippen molar-refractivity contribution in [2.75, 3.05) is 6.54 Å². The Balaban J connectivity index is 1.77. The van der Waals surface area contributed by atoms with Crippen LogP contribution in [0.4, 0.5) is 0 Å². The van der Waals surface area contributed by atoms with Gasteiger partial charge in [0.1, 0.15) is 15.8 Å². The molecular weight excluding hydrogens is 310 g/mol. The van der Waals surface area contributed by atoms with Crippen LogP contribution in [0.25, 0.3) is 6.08 Å². The second-order valence-electron chi connectivity index (χ2n) is 5.20. The summed E-state index contributed by atoms with van der Waals surface area (Å²) in [5, 5.41) is 10.6. The van der Waals surface area contributed by atoms with Crippen molar-refractivity contribution < 1.29 is 19.1 Å². The van der Waals surface area contributed by atoms with Crippen LogP contribution in [0.5, 0.6) is 0 Å². The highest BCUT2D eigenvalue weighted by atomic mass is 32.2. The van der Waals surface area contributed by atoms with Crippen LogP contribution < -0.4 is 5.11 Å². The standard InChI is InChI=1S/C14H13NO4S2/c1-7-4-9(7)10-3-2-8(19-10)5-11-13(18)15(6-12(16)17)14(20)21-11/h2-3,5,7,9H,4,6H2,1H3,(H,16,17)/p-1/b11-5-/t7-,9-/m1/s1. The average molecular weight is 322 g/mol. The number of aliphatic carboxylic acids is 1. The lowest BCUT2D eigenvalue weighted by Crippen LogP contribution is -2.40. The molecule has 0 aromatic carbocycles. The van der Waals surface area contributed by atoms with Crippen molar-refractivity contribution in [1.29, 1.82) is 0 Å². The van der Waals surface area contributed by atoms with Crippen LogP contribution in [-0.4, -0.2) is 27.6 Å². The summed E-state index contributed by atoms with van der Waals surface area (Å²) in [6.07, 6.45) is 2.73. The van der Waals surface area contributed by atoms with Crippen LogP contribution >= 0.6 is 24.0 Å². The number of hydrogen-bond acceptors (Lipinski definition) is 6. The molecule has 2 fully saturated rings. The Morgan fingerprint density at radius 3 is 2.95 bits per heavy atom. The maximum atomic E-state index is 12.1. The monoisotopic (exact) mass is 322 g/mol. The van der Waals surface area contributed by atoms with E-state index in [9.17, 15) is 14.7 Å². The number of carboxylic acids is 1. The smallest absolute Gasteiger partial charge is 0.266 e. The van der Waals surface area contributed by atoms with Gasteiger partial charge in [0.15, 0.2) is 0 Å². The minimum Gasteiger partial charge on any atom is -0.548 e. The van der Waals surface area contributed by atoms with Gasteiger partial charge in [-0.2, -0.15) is 0 Å². The number of thioether (sulfide) groups is 1. The molecule has 0 N–H and O–H groups in total. The zero-order valence-electron chi connectivity index (χ0n) is 11.2. The van der Waals surface area contributed by atoms with E-state index in [1.54, 1.807) is 6.08 Å². The van der Waals surface area contributed by atoms with Crippen molar-refractivity contribution in [2.24, 2.45) is 5.92 Å². The van der Waals surface area contributed by atoms with Crippen LogP contribution in [0.15, 0.2) is 21.5 Å². The molecule has 0 bridgehead atoms. The molecule has 1 aromatic rings. The van der Waals surface area contributed by atoms with E-state index in [1.807, 2.05) is 12.1 Å². The lowest BCUT2D eigenvalue weighted by molar-refractivity contribution is -0.305. The van der Waals surface area contributed by atoms with Gasteiger partial charge in [-0.3, -0.25) is 9.69 Å². The lowest BCUT2D eigenvalue weighted by Gasteiger charge is -2.14. The van der Waals surface area contributed by atoms with Crippen LogP contribution in [0.3, 0.4) is 0 Å². The summed E-state index contributed by atoms with van der Waals surface area (Å²) >= 11 is 6.08. The first-order chi connectivity index (χ1) is 9.95. The third kappa shape index (κ3) is 2.89. The maximum Gasteiger partial charge on any atom is 0.266 e. The van der Waals surface area contributed by atoms with Gasteiger partial charge in [-0.05, 0) is 24.5 Å². The van der Waals surface area contributed by atoms with Crippen molar-refractivity contribution in [1.82, 2.24) is 4.90 Å². The SMILES string of the molecule is C[C@@H]1C[C@H]1c1ccc(/C=C2\SC(=S)N(CC(=O)[O-])C2=O)o1. The minimum absolute atomic E-state index is 0.220. The van der Waals surface area contributed by atoms with Crippen LogP contribution in [0.2, 0.25) is 0 Å². The largest absolute Gasteiger partial charge is 0.548 e. The van der Waals surface area contributed by atoms with Crippen LogP contribution in [0, 0.1) is 5.92 Å². The third-order valence-corrected chi connectivity index (χ3v) is 4.93. The van der Waals surface area contributed by atoms with E-state index in [2.05, 4.69) is 6.92 Å². The molecule has 2 aliphatic rings. The molecule has 110 valence electrons. The van der Waals surface area contributed by atoms with Gasteiger partial charge in [0.05, 0.1) is 17.4 Å². The summed E-state index contributed by atoms with van der Waals surface area (Å²) in [5.41, 5.74) is 0. The predicted molar refractivity (Wildman–Crippen MR) is 80.1 cm³/mol. The molecule has 1 amide bonds. The number of nitrogens with zero attached hydrogens (tertiary/aromatic N) is 1. The quantitative estimate of drug-likeness (QED) is 0.615. The zero-order valence-corrected chi connectivity index (χ0v) is 12.8. The highest BCUT2D eigenvalue weighted by Gasteiger charge is 2.37. The molecule has 21 heavy (non-hydrogen) atoms. The first-order valence-electron chi connectivity index (χ1n) is 6.50. The molecule has 1 aliphatic carbocycles. The summed E-state index contributed by atoms with van der Waals surface area (Å²) in [7, 11) is 0. The first-order valence-corrected chi connectivity index (χ1v) is 7.73. The second kappa shape index (κ2) is 5.31. The molecule has 1 saturated carbocycles. The van der Waals surface area contributed by atoms with Gasteiger partial charge in [-0.25, -0.2) is 0 Å². The van der Waals surface area contributed by atoms with E-state index >= 15 is 0 Å². The number of rotatable bonds is 4. The molecule has 3 rings (SSSR count). The molecule has 2 heterocycles. The lowest BCUT2D eigenvalue weighted by atomic mass is 10.3. The Bertz CT molecular complexity index is 664. The normalized spacial score (nSPS) is 26.7. The fraction of sp³-hybridized carbons (Fsp3) is 0.357. The molecule has 1 saturated heterocycles. The van der Waals surface area contributed by atoms with Gasteiger partial charge in [0.2, 0.25) is 0 Å². The molecule has 1 aliphatic heterocycles. The topological polar surface area (TPSA) is 73.6 Å². The van der Waals surface area contributed by atoms with Crippen LogP contribution in [-0.2, 0) is 9.59 Å². The van der Waals surface area contributed by atoms with Crippen molar-refractivity contribution in [3.63, 3.8) is 0 Å². The minimum atomic E-state index is -1.34. The number of carbonyl (C=O) groups excluding carboxylic acids is 2. The van der Waals surface area contributed by atoms with Gasteiger partial charge >= 0.3 is 0 Å². The van der Waals surface area contributed by atoms with Gasteiger partial charge in [-0.1, -0.05) is 30.9 Å². The summed E-state index contributed by atoms with van der Waals surface area (Å²) in [5.74, 6) is 0.865. The number of amides is 1. The molecule has 0 spiro atoms. The van der Waals surface area contributed by atoms with E-state index in [-0.39, 0.29) is 4.32 Å². The summed E-state index contributed by atoms with van der Waals surface area (Å²) in [6.45, 7) is 1.64. The van der Waals surface area contributed by atoms with Crippen molar-refractivity contribution in [3.05, 3.63) is 28.6 Å². The summed E-state index contributed by atoms with van der Waals surface area (Å²) < 4.78 is 5.93. The Labute approximate surface area is 131 Å². The van der Waals surface area contributed by atoms with Crippen molar-refractivity contribution in [3.8, 4) is 0 Å². The van der Waals surface area contributed by atoms with Gasteiger partial charge in [0, 0.05) is 12.0 Å². The van der Waals surface area contributed by atoms with Gasteiger partial charge in [0.25, 0.3) is 5.91 Å². The molecule has 1 aromatic heterocycles. The Morgan fingerprint density at radius 1 is 1.62 bits per heavy atom. The Hall–Kier alpha value is -1.60. The number of hydrogen-bond donors (Lipinski definition) is 0. The van der Waals surface area contributed by atoms with Gasteiger partial charge < -0.3 is 14.3 Å². The highest BCUT2D eigenvalue weighted by Crippen LogP contribution is 2.47. The van der Waals surface area contributed by atoms with Crippen molar-refractivity contribution in [2.45, 2.75) is 19.3 Å². The molecule has 2 atom stereocenters. The molecule has 0 radical (unpaired) electrons. The predicted octanol–water partition coefficient (Wildman–Crippen LogP) is 1.35. The van der Waals surface area contributed by atoms with Crippen molar-refractivity contribution >= 4 is 46.3 Å². The fourth-order valence-corrected chi connectivity index (χ4v) is 3.49. The van der Waals surface area contributed by atoms with E-state index < -0.39 is 18.4 Å². The molecular formula is C14H12NO4S2-. The average Bonchev–Trinajstić information content (AvgIpc) is 2.87. The maximum absolute atomic E-state index is 12.1. The molecule has 0 unspecified atom stereocenters. The summed E-state index contributed by atoms with van der Waals surface area (Å²) in [4.78, 5) is 24.1. The number of thiocarbonyl (C=S) groups is 1. The Morgan fingerprint density at radius 2 is 2.33 bits per heavy atom. The van der Waals surface area contributed by atoms with E-state index in [0.29, 0.717) is 22.5 Å². The number of carboxylic acid groups (broad SMARTS) is 1. The second-order valence-corrected chi connectivity index (χ2v) is 6.88. The summed E-state index contributed by atoms with van der Waals surface area (Å²) in [6, 6.07) is 3.73. The fourth-order valence-electron chi connectivity index (χ4n) is 2.26. The molecule has 7 heteroatoms. The Kier molecular flexibility index (Phi) is 3.62. The van der Waals surface area contributed by atoms with E-state index in [0.717, 1.165) is 28.8 Å². The van der Waals surface area contributed by atoms with Crippen LogP contribution in [0.1, 0.15) is 30.8 Å². The third-order valence-electron chi connectivity index (χ3n) is 3.56. The van der Waals surface area contributed by atoms with Gasteiger partial charge in [-0.15, -0.1) is 0 Å². The highest BCUT2D eigenvalue weighted by molar-refractivity contribution is 8.26. The van der Waals surface area contributed by atoms with E-state index in [4.69, 9.17) is 16.6 Å². The molecule has 5 nitrogen and oxygen atoms in total. The number of furan rings is 1. The first kappa shape index (κ1) is 14.3.